The summed E-state index contributed by atoms with van der Waals surface area (Å²) >= 11 is 0. The minimum atomic E-state index is -0.695. The zero-order chi connectivity index (χ0) is 26.5. The molecule has 3 amide bonds. The van der Waals surface area contributed by atoms with Crippen molar-refractivity contribution >= 4 is 34.9 Å². The van der Waals surface area contributed by atoms with E-state index in [1.807, 2.05) is 31.2 Å². The van der Waals surface area contributed by atoms with Gasteiger partial charge in [0.1, 0.15) is 24.1 Å². The average molecular weight is 507 g/mol. The van der Waals surface area contributed by atoms with E-state index in [4.69, 9.17) is 0 Å². The molecule has 2 heterocycles. The standard InChI is InChI=1S/C29H38N4O4/c1-16-9-8-12-21-19(16)13-22(31-21)26(35)32-24(18-10-6-5-7-11-18)28(37)33-14-20-23(29(20,3)4)25(33)27(36)30-17(2)15-34/h8-9,12-13,15,17-18,20,23-25,31H,5-7,10-11,14H2,1-4H3,(H,30,36)(H,32,35)/t17-,20-,23-,24-,25-/m0/s1. The summed E-state index contributed by atoms with van der Waals surface area (Å²) in [6.07, 6.45) is 5.61. The van der Waals surface area contributed by atoms with Crippen molar-refractivity contribution in [3.8, 4) is 0 Å². The molecule has 1 aliphatic heterocycles. The van der Waals surface area contributed by atoms with Crippen molar-refractivity contribution in [3.05, 3.63) is 35.5 Å². The van der Waals surface area contributed by atoms with Crippen molar-refractivity contribution in [1.82, 2.24) is 20.5 Å². The van der Waals surface area contributed by atoms with Crippen molar-refractivity contribution in [1.29, 1.82) is 0 Å². The second-order valence-electron chi connectivity index (χ2n) is 11.9. The van der Waals surface area contributed by atoms with Gasteiger partial charge in [0.25, 0.3) is 5.91 Å². The summed E-state index contributed by atoms with van der Waals surface area (Å²) < 4.78 is 0. The number of carbonyl (C=O) groups excluding carboxylic acids is 4. The van der Waals surface area contributed by atoms with E-state index in [2.05, 4.69) is 29.5 Å². The molecule has 8 nitrogen and oxygen atoms in total. The number of aldehydes is 1. The van der Waals surface area contributed by atoms with Crippen molar-refractivity contribution < 1.29 is 19.2 Å². The van der Waals surface area contributed by atoms with Crippen LogP contribution in [0.4, 0.5) is 0 Å². The van der Waals surface area contributed by atoms with Gasteiger partial charge in [0.15, 0.2) is 0 Å². The Morgan fingerprint density at radius 2 is 1.86 bits per heavy atom. The van der Waals surface area contributed by atoms with Gasteiger partial charge in [0, 0.05) is 17.4 Å². The Labute approximate surface area is 217 Å². The number of amides is 3. The Hall–Kier alpha value is -3.16. The first-order valence-corrected chi connectivity index (χ1v) is 13.6. The van der Waals surface area contributed by atoms with Gasteiger partial charge in [0.05, 0.1) is 6.04 Å². The number of aryl methyl sites for hydroxylation is 1. The second-order valence-corrected chi connectivity index (χ2v) is 11.9. The molecule has 198 valence electrons. The third-order valence-corrected chi connectivity index (χ3v) is 9.13. The number of nitrogens with zero attached hydrogens (tertiary/aromatic N) is 1. The van der Waals surface area contributed by atoms with E-state index >= 15 is 0 Å². The predicted octanol–water partition coefficient (Wildman–Crippen LogP) is 3.34. The first kappa shape index (κ1) is 25.5. The Bertz CT molecular complexity index is 1230. The number of aromatic amines is 1. The van der Waals surface area contributed by atoms with Gasteiger partial charge in [-0.15, -0.1) is 0 Å². The molecule has 2 aromatic rings. The molecule has 3 N–H and O–H groups in total. The van der Waals surface area contributed by atoms with Gasteiger partial charge in [-0.2, -0.15) is 0 Å². The van der Waals surface area contributed by atoms with Gasteiger partial charge in [-0.25, -0.2) is 0 Å². The minimum absolute atomic E-state index is 0.0267. The summed E-state index contributed by atoms with van der Waals surface area (Å²) in [7, 11) is 0. The summed E-state index contributed by atoms with van der Waals surface area (Å²) in [6.45, 7) is 8.39. The molecule has 5 rings (SSSR count). The number of fused-ring (bicyclic) bond motifs is 2. The fourth-order valence-electron chi connectivity index (χ4n) is 6.83. The van der Waals surface area contributed by atoms with Crippen LogP contribution in [0.25, 0.3) is 10.9 Å². The van der Waals surface area contributed by atoms with Gasteiger partial charge in [-0.05, 0) is 67.6 Å². The first-order chi connectivity index (χ1) is 17.6. The summed E-state index contributed by atoms with van der Waals surface area (Å²) in [5.74, 6) is -0.466. The van der Waals surface area contributed by atoms with Crippen LogP contribution in [0.5, 0.6) is 0 Å². The van der Waals surface area contributed by atoms with Crippen LogP contribution >= 0.6 is 0 Å². The van der Waals surface area contributed by atoms with Gasteiger partial charge >= 0.3 is 0 Å². The molecule has 1 saturated heterocycles. The highest BCUT2D eigenvalue weighted by atomic mass is 16.2. The molecule has 1 aromatic heterocycles. The number of hydrogen-bond acceptors (Lipinski definition) is 4. The lowest BCUT2D eigenvalue weighted by molar-refractivity contribution is -0.143. The van der Waals surface area contributed by atoms with Gasteiger partial charge in [-0.1, -0.05) is 45.2 Å². The number of piperidine rings is 1. The van der Waals surface area contributed by atoms with Crippen LogP contribution in [-0.4, -0.2) is 58.6 Å². The van der Waals surface area contributed by atoms with E-state index in [0.717, 1.165) is 48.6 Å². The molecule has 0 radical (unpaired) electrons. The highest BCUT2D eigenvalue weighted by Gasteiger charge is 2.69. The molecule has 0 bridgehead atoms. The van der Waals surface area contributed by atoms with E-state index in [9.17, 15) is 19.2 Å². The maximum absolute atomic E-state index is 14.1. The number of H-pyrrole nitrogens is 1. The first-order valence-electron chi connectivity index (χ1n) is 13.6. The molecule has 2 aliphatic carbocycles. The van der Waals surface area contributed by atoms with Crippen LogP contribution in [0.2, 0.25) is 0 Å². The number of aromatic nitrogens is 1. The lowest BCUT2D eigenvalue weighted by Gasteiger charge is -2.37. The third-order valence-electron chi connectivity index (χ3n) is 9.13. The third kappa shape index (κ3) is 4.55. The molecule has 5 atom stereocenters. The number of nitrogens with one attached hydrogen (secondary N) is 3. The quantitative estimate of drug-likeness (QED) is 0.500. The largest absolute Gasteiger partial charge is 0.351 e. The summed E-state index contributed by atoms with van der Waals surface area (Å²) in [6, 6.07) is 5.78. The molecule has 37 heavy (non-hydrogen) atoms. The highest BCUT2D eigenvalue weighted by Crippen LogP contribution is 2.65. The Kier molecular flexibility index (Phi) is 6.62. The van der Waals surface area contributed by atoms with Crippen LogP contribution in [-0.2, 0) is 14.4 Å². The normalized spacial score (nSPS) is 26.3. The monoisotopic (exact) mass is 506 g/mol. The molecule has 0 spiro atoms. The SMILES string of the molecule is Cc1cccc2[nH]c(C(=O)N[C@H](C(=O)N3C[C@H]4[C@@H]([C@H]3C(=O)N[C@@H](C)C=O)C4(C)C)C3CCCCC3)cc12. The van der Waals surface area contributed by atoms with E-state index < -0.39 is 18.1 Å². The second kappa shape index (κ2) is 9.62. The van der Waals surface area contributed by atoms with Crippen LogP contribution in [0.3, 0.4) is 0 Å². The topological polar surface area (TPSA) is 111 Å². The number of carbonyl (C=O) groups is 4. The van der Waals surface area contributed by atoms with Crippen LogP contribution in [0.15, 0.2) is 24.3 Å². The fraction of sp³-hybridized carbons (Fsp3) is 0.586. The van der Waals surface area contributed by atoms with Gasteiger partial charge in [0.2, 0.25) is 11.8 Å². The minimum Gasteiger partial charge on any atom is -0.351 e. The molecule has 3 aliphatic rings. The number of benzene rings is 1. The molecular formula is C29H38N4O4. The van der Waals surface area contributed by atoms with Crippen LogP contribution in [0, 0.1) is 30.1 Å². The van der Waals surface area contributed by atoms with Crippen molar-refractivity contribution in [2.24, 2.45) is 23.2 Å². The van der Waals surface area contributed by atoms with E-state index in [1.54, 1.807) is 11.8 Å². The van der Waals surface area contributed by atoms with Crippen LogP contribution < -0.4 is 10.6 Å². The number of hydrogen-bond donors (Lipinski definition) is 3. The zero-order valence-corrected chi connectivity index (χ0v) is 22.2. The summed E-state index contributed by atoms with van der Waals surface area (Å²) in [4.78, 5) is 56.9. The van der Waals surface area contributed by atoms with Gasteiger partial charge < -0.3 is 25.3 Å². The van der Waals surface area contributed by atoms with E-state index in [-0.39, 0.29) is 40.9 Å². The number of rotatable bonds is 7. The molecular weight excluding hydrogens is 468 g/mol. The Morgan fingerprint density at radius 3 is 2.54 bits per heavy atom. The lowest BCUT2D eigenvalue weighted by atomic mass is 9.83. The number of likely N-dealkylation sites (tertiary alicyclic amines) is 1. The van der Waals surface area contributed by atoms with Gasteiger partial charge in [-0.3, -0.25) is 14.4 Å². The predicted molar refractivity (Wildman–Crippen MR) is 141 cm³/mol. The molecule has 8 heteroatoms. The summed E-state index contributed by atoms with van der Waals surface area (Å²) in [5.41, 5.74) is 2.35. The maximum Gasteiger partial charge on any atom is 0.268 e. The average Bonchev–Trinajstić information content (AvgIpc) is 3.27. The molecule has 0 unspecified atom stereocenters. The Balaban J connectivity index is 1.41. The summed E-state index contributed by atoms with van der Waals surface area (Å²) in [5, 5.41) is 6.82. The van der Waals surface area contributed by atoms with Crippen molar-refractivity contribution in [2.45, 2.75) is 77.9 Å². The van der Waals surface area contributed by atoms with E-state index in [1.165, 1.54) is 0 Å². The Morgan fingerprint density at radius 1 is 1.14 bits per heavy atom. The van der Waals surface area contributed by atoms with Crippen molar-refractivity contribution in [2.75, 3.05) is 6.54 Å². The van der Waals surface area contributed by atoms with Crippen LogP contribution in [0.1, 0.15) is 68.9 Å². The zero-order valence-electron chi connectivity index (χ0n) is 22.2. The smallest absolute Gasteiger partial charge is 0.268 e. The fourth-order valence-corrected chi connectivity index (χ4v) is 6.83. The molecule has 1 aromatic carbocycles. The molecule has 2 saturated carbocycles. The molecule has 3 fully saturated rings. The highest BCUT2D eigenvalue weighted by molar-refractivity contribution is 6.01. The van der Waals surface area contributed by atoms with E-state index in [0.29, 0.717) is 18.5 Å². The maximum atomic E-state index is 14.1. The van der Waals surface area contributed by atoms with Crippen molar-refractivity contribution in [3.63, 3.8) is 0 Å². The lowest BCUT2D eigenvalue weighted by Crippen LogP contribution is -2.58.